The van der Waals surface area contributed by atoms with Crippen LogP contribution in [0.5, 0.6) is 0 Å². The highest BCUT2D eigenvalue weighted by atomic mass is 16.6. The van der Waals surface area contributed by atoms with Crippen LogP contribution in [0.4, 0.5) is 0 Å². The summed E-state index contributed by atoms with van der Waals surface area (Å²) in [7, 11) is 0. The van der Waals surface area contributed by atoms with Crippen molar-refractivity contribution in [2.24, 2.45) is 11.8 Å². The lowest BCUT2D eigenvalue weighted by molar-refractivity contribution is -0.167. The van der Waals surface area contributed by atoms with Crippen LogP contribution in [-0.2, 0) is 28.6 Å². The summed E-state index contributed by atoms with van der Waals surface area (Å²) in [5, 5.41) is 0. The molecule has 0 amide bonds. The summed E-state index contributed by atoms with van der Waals surface area (Å²) in [6.45, 7) is 11.4. The smallest absolute Gasteiger partial charge is 0.306 e. The SMILES string of the molecule is CCCCCCCCCCCCC(=O)OC[C@H](COC(=O)CCCCCCCCCCCCCCC(C)C)OC(=O)CCCCCCCCCCCCCCCCCCCCC(C)CC. The van der Waals surface area contributed by atoms with Crippen LogP contribution in [0.25, 0.3) is 0 Å². The molecule has 2 atom stereocenters. The molecule has 0 aromatic carbocycles. The first-order valence-electron chi connectivity index (χ1n) is 29.3. The fourth-order valence-corrected chi connectivity index (χ4v) is 9.02. The van der Waals surface area contributed by atoms with Crippen LogP contribution in [0.3, 0.4) is 0 Å². The number of rotatable bonds is 53. The highest BCUT2D eigenvalue weighted by Crippen LogP contribution is 2.19. The molecule has 6 nitrogen and oxygen atoms in total. The van der Waals surface area contributed by atoms with Gasteiger partial charge < -0.3 is 14.2 Å². The number of ether oxygens (including phenoxy) is 3. The van der Waals surface area contributed by atoms with E-state index < -0.39 is 6.10 Å². The van der Waals surface area contributed by atoms with Crippen LogP contribution in [0.2, 0.25) is 0 Å². The molecular formula is C59H114O6. The van der Waals surface area contributed by atoms with Gasteiger partial charge in [-0.1, -0.05) is 291 Å². The third kappa shape index (κ3) is 51.6. The zero-order valence-electron chi connectivity index (χ0n) is 44.6. The van der Waals surface area contributed by atoms with Gasteiger partial charge in [-0.25, -0.2) is 0 Å². The van der Waals surface area contributed by atoms with Gasteiger partial charge in [-0.15, -0.1) is 0 Å². The van der Waals surface area contributed by atoms with E-state index in [0.717, 1.165) is 69.6 Å². The lowest BCUT2D eigenvalue weighted by Gasteiger charge is -2.18. The predicted octanol–water partition coefficient (Wildman–Crippen LogP) is 19.3. The summed E-state index contributed by atoms with van der Waals surface area (Å²) in [5.41, 5.74) is 0. The topological polar surface area (TPSA) is 78.9 Å². The number of carbonyl (C=O) groups is 3. The van der Waals surface area contributed by atoms with Crippen molar-refractivity contribution in [3.63, 3.8) is 0 Å². The predicted molar refractivity (Wildman–Crippen MR) is 280 cm³/mol. The molecule has 1 unspecified atom stereocenters. The van der Waals surface area contributed by atoms with E-state index in [0.29, 0.717) is 19.3 Å². The molecule has 0 aromatic rings. The second-order valence-electron chi connectivity index (χ2n) is 21.0. The molecule has 0 aliphatic rings. The van der Waals surface area contributed by atoms with Gasteiger partial charge in [0.05, 0.1) is 0 Å². The Kier molecular flexibility index (Phi) is 50.5. The average Bonchev–Trinajstić information content (AvgIpc) is 3.29. The van der Waals surface area contributed by atoms with Crippen molar-refractivity contribution in [3.05, 3.63) is 0 Å². The molecule has 0 N–H and O–H groups in total. The molecule has 6 heteroatoms. The lowest BCUT2D eigenvalue weighted by atomic mass is 9.99. The summed E-state index contributed by atoms with van der Waals surface area (Å²) < 4.78 is 16.9. The summed E-state index contributed by atoms with van der Waals surface area (Å²) in [6, 6.07) is 0. The standard InChI is InChI=1S/C59H114O6/c1-6-8-9-10-11-12-29-34-39-44-49-57(60)63-52-56(53-64-58(61)50-45-40-35-30-25-22-21-23-27-32-37-42-47-54(3)4)65-59(62)51-46-41-36-31-26-20-18-16-14-13-15-17-19-24-28-33-38-43-48-55(5)7-2/h54-56H,6-53H2,1-5H3/t55?,56-/m1/s1. The van der Waals surface area contributed by atoms with Gasteiger partial charge in [-0.05, 0) is 31.1 Å². The summed E-state index contributed by atoms with van der Waals surface area (Å²) >= 11 is 0. The first kappa shape index (κ1) is 63.4. The van der Waals surface area contributed by atoms with E-state index in [2.05, 4.69) is 34.6 Å². The summed E-state index contributed by atoms with van der Waals surface area (Å²) in [4.78, 5) is 38.1. The molecule has 0 bridgehead atoms. The Bertz CT molecular complexity index is 995. The van der Waals surface area contributed by atoms with Crippen molar-refractivity contribution in [3.8, 4) is 0 Å². The Morgan fingerprint density at radius 1 is 0.323 bits per heavy atom. The summed E-state index contributed by atoms with van der Waals surface area (Å²) in [5.74, 6) is 0.902. The molecule has 0 spiro atoms. The molecule has 0 saturated carbocycles. The Hall–Kier alpha value is -1.59. The van der Waals surface area contributed by atoms with Gasteiger partial charge >= 0.3 is 17.9 Å². The fourth-order valence-electron chi connectivity index (χ4n) is 9.02. The Morgan fingerprint density at radius 3 is 0.877 bits per heavy atom. The molecule has 0 aliphatic carbocycles. The number of hydrogen-bond donors (Lipinski definition) is 0. The molecule has 0 fully saturated rings. The third-order valence-corrected chi connectivity index (χ3v) is 13.8. The first-order valence-corrected chi connectivity index (χ1v) is 29.3. The fraction of sp³-hybridized carbons (Fsp3) is 0.949. The molecule has 0 saturated heterocycles. The van der Waals surface area contributed by atoms with Gasteiger partial charge in [0, 0.05) is 19.3 Å². The second-order valence-corrected chi connectivity index (χ2v) is 21.0. The molecule has 0 aliphatic heterocycles. The van der Waals surface area contributed by atoms with Crippen LogP contribution in [0, 0.1) is 11.8 Å². The third-order valence-electron chi connectivity index (χ3n) is 13.8. The Morgan fingerprint density at radius 2 is 0.585 bits per heavy atom. The number of unbranched alkanes of at least 4 members (excludes halogenated alkanes) is 37. The number of carbonyl (C=O) groups excluding carboxylic acids is 3. The largest absolute Gasteiger partial charge is 0.462 e. The second kappa shape index (κ2) is 51.8. The van der Waals surface area contributed by atoms with Gasteiger partial charge in [0.15, 0.2) is 6.10 Å². The molecule has 0 rings (SSSR count). The molecule has 386 valence electrons. The Balaban J connectivity index is 4.21. The van der Waals surface area contributed by atoms with E-state index in [1.807, 2.05) is 0 Å². The van der Waals surface area contributed by atoms with E-state index in [9.17, 15) is 14.4 Å². The minimum atomic E-state index is -0.762. The number of hydrogen-bond acceptors (Lipinski definition) is 6. The Labute approximate surface area is 406 Å². The van der Waals surface area contributed by atoms with Crippen LogP contribution in [-0.4, -0.2) is 37.2 Å². The van der Waals surface area contributed by atoms with Crippen LogP contribution >= 0.6 is 0 Å². The number of esters is 3. The van der Waals surface area contributed by atoms with Crippen LogP contribution in [0.15, 0.2) is 0 Å². The minimum Gasteiger partial charge on any atom is -0.462 e. The van der Waals surface area contributed by atoms with Crippen molar-refractivity contribution >= 4 is 17.9 Å². The monoisotopic (exact) mass is 919 g/mol. The van der Waals surface area contributed by atoms with Gasteiger partial charge in [0.25, 0.3) is 0 Å². The van der Waals surface area contributed by atoms with Crippen molar-refractivity contribution in [1.82, 2.24) is 0 Å². The first-order chi connectivity index (χ1) is 31.8. The van der Waals surface area contributed by atoms with Crippen LogP contribution < -0.4 is 0 Å². The van der Waals surface area contributed by atoms with Gasteiger partial charge in [-0.2, -0.15) is 0 Å². The molecule has 0 aromatic heterocycles. The minimum absolute atomic E-state index is 0.0628. The molecule has 0 heterocycles. The lowest BCUT2D eigenvalue weighted by Crippen LogP contribution is -2.30. The van der Waals surface area contributed by atoms with Crippen molar-refractivity contribution < 1.29 is 28.6 Å². The van der Waals surface area contributed by atoms with Crippen molar-refractivity contribution in [1.29, 1.82) is 0 Å². The maximum absolute atomic E-state index is 12.8. The summed E-state index contributed by atoms with van der Waals surface area (Å²) in [6.07, 6.45) is 55.2. The maximum Gasteiger partial charge on any atom is 0.306 e. The van der Waals surface area contributed by atoms with Crippen LogP contribution in [0.1, 0.15) is 330 Å². The average molecular weight is 920 g/mol. The van der Waals surface area contributed by atoms with E-state index in [1.165, 1.54) is 218 Å². The highest BCUT2D eigenvalue weighted by molar-refractivity contribution is 5.71. The van der Waals surface area contributed by atoms with E-state index in [4.69, 9.17) is 14.2 Å². The van der Waals surface area contributed by atoms with Gasteiger partial charge in [0.1, 0.15) is 13.2 Å². The van der Waals surface area contributed by atoms with Gasteiger partial charge in [-0.3, -0.25) is 14.4 Å². The zero-order valence-corrected chi connectivity index (χ0v) is 44.6. The van der Waals surface area contributed by atoms with Gasteiger partial charge in [0.2, 0.25) is 0 Å². The molecule has 0 radical (unpaired) electrons. The zero-order chi connectivity index (χ0) is 47.5. The normalized spacial score (nSPS) is 12.5. The molecule has 65 heavy (non-hydrogen) atoms. The van der Waals surface area contributed by atoms with Crippen molar-refractivity contribution in [2.45, 2.75) is 336 Å². The maximum atomic E-state index is 12.8. The van der Waals surface area contributed by atoms with E-state index >= 15 is 0 Å². The van der Waals surface area contributed by atoms with Crippen molar-refractivity contribution in [2.75, 3.05) is 13.2 Å². The quantitative estimate of drug-likeness (QED) is 0.0344. The highest BCUT2D eigenvalue weighted by Gasteiger charge is 2.19. The van der Waals surface area contributed by atoms with E-state index in [1.54, 1.807) is 0 Å². The van der Waals surface area contributed by atoms with E-state index in [-0.39, 0.29) is 31.1 Å². The molecular weight excluding hydrogens is 805 g/mol.